The van der Waals surface area contributed by atoms with Crippen LogP contribution in [0.5, 0.6) is 11.5 Å². The fraction of sp³-hybridized carbons (Fsp3) is 0.471. The van der Waals surface area contributed by atoms with Gasteiger partial charge in [0, 0.05) is 37.2 Å². The molecule has 0 radical (unpaired) electrons. The maximum Gasteiger partial charge on any atom is 0.352 e. The molecule has 244 valence electrons. The lowest BCUT2D eigenvalue weighted by Gasteiger charge is -2.58. The number of hydrogen-bond acceptors (Lipinski definition) is 11. The van der Waals surface area contributed by atoms with Crippen LogP contribution in [0.1, 0.15) is 49.5 Å². The van der Waals surface area contributed by atoms with Gasteiger partial charge in [0.05, 0.1) is 25.0 Å². The predicted octanol–water partition coefficient (Wildman–Crippen LogP) is 2.11. The van der Waals surface area contributed by atoms with Gasteiger partial charge < -0.3 is 39.0 Å². The third kappa shape index (κ3) is 5.28. The number of nitrogens with zero attached hydrogens (tertiary/aromatic N) is 1. The zero-order chi connectivity index (χ0) is 32.7. The quantitative estimate of drug-likeness (QED) is 0.292. The molecular formula is C34H38N2O10. The first kappa shape index (κ1) is 31.6. The Hall–Kier alpha value is -4.42. The van der Waals surface area contributed by atoms with Crippen LogP contribution < -0.4 is 14.8 Å². The molecule has 12 nitrogen and oxygen atoms in total. The van der Waals surface area contributed by atoms with Crippen molar-refractivity contribution in [2.24, 2.45) is 5.92 Å². The van der Waals surface area contributed by atoms with Gasteiger partial charge in [-0.25, -0.2) is 4.79 Å². The van der Waals surface area contributed by atoms with E-state index in [0.717, 1.165) is 17.5 Å². The third-order valence-corrected chi connectivity index (χ3v) is 9.56. The number of β-amino-alcohol motifs (C(OH)–C–C–N with tert-alkyl or cyclic N) is 1. The number of rotatable bonds is 10. The molecule has 0 saturated carbocycles. The number of methoxy groups -OCH3 is 1. The molecule has 2 N–H and O–H groups in total. The van der Waals surface area contributed by atoms with Crippen molar-refractivity contribution in [1.29, 1.82) is 0 Å². The summed E-state index contributed by atoms with van der Waals surface area (Å²) in [6.07, 6.45) is -0.999. The molecule has 2 heterocycles. The third-order valence-electron chi connectivity index (χ3n) is 9.56. The van der Waals surface area contributed by atoms with Crippen LogP contribution in [0.3, 0.4) is 0 Å². The van der Waals surface area contributed by atoms with Crippen LogP contribution in [0.25, 0.3) is 0 Å². The first-order chi connectivity index (χ1) is 22.1. The first-order valence-corrected chi connectivity index (χ1v) is 15.4. The van der Waals surface area contributed by atoms with Crippen molar-refractivity contribution in [2.75, 3.05) is 27.2 Å². The van der Waals surface area contributed by atoms with Crippen molar-refractivity contribution in [3.05, 3.63) is 71.0 Å². The van der Waals surface area contributed by atoms with Gasteiger partial charge in [-0.3, -0.25) is 14.4 Å². The molecule has 1 amide bonds. The normalized spacial score (nSPS) is 26.8. The number of benzene rings is 2. The maximum absolute atomic E-state index is 13.2. The van der Waals surface area contributed by atoms with E-state index in [-0.39, 0.29) is 30.7 Å². The van der Waals surface area contributed by atoms with Crippen molar-refractivity contribution in [1.82, 2.24) is 10.2 Å². The molecule has 1 fully saturated rings. The fourth-order valence-corrected chi connectivity index (χ4v) is 7.59. The topological polar surface area (TPSA) is 150 Å². The minimum atomic E-state index is -1.26. The van der Waals surface area contributed by atoms with E-state index >= 15 is 0 Å². The van der Waals surface area contributed by atoms with Crippen LogP contribution in [-0.4, -0.2) is 85.4 Å². The number of amides is 1. The highest BCUT2D eigenvalue weighted by atomic mass is 16.6. The Kier molecular flexibility index (Phi) is 8.51. The average molecular weight is 635 g/mol. The van der Waals surface area contributed by atoms with Gasteiger partial charge in [-0.15, -0.1) is 0 Å². The summed E-state index contributed by atoms with van der Waals surface area (Å²) in [5.74, 6) is -1.34. The number of likely N-dealkylation sites (N-methyl/N-ethyl adjacent to an activating group) is 1. The van der Waals surface area contributed by atoms with Crippen LogP contribution in [0, 0.1) is 5.92 Å². The van der Waals surface area contributed by atoms with Gasteiger partial charge >= 0.3 is 17.9 Å². The van der Waals surface area contributed by atoms with Gasteiger partial charge in [0.1, 0.15) is 5.76 Å². The zero-order valence-electron chi connectivity index (χ0n) is 26.2. The summed E-state index contributed by atoms with van der Waals surface area (Å²) in [6.45, 7) is 2.94. The number of carbonyl (C=O) groups excluding carboxylic acids is 4. The number of aliphatic hydroxyl groups is 1. The van der Waals surface area contributed by atoms with Crippen molar-refractivity contribution >= 4 is 23.8 Å². The van der Waals surface area contributed by atoms with Gasteiger partial charge in [-0.05, 0) is 50.4 Å². The highest BCUT2D eigenvalue weighted by Gasteiger charge is 2.68. The summed E-state index contributed by atoms with van der Waals surface area (Å²) >= 11 is 0. The Bertz CT molecular complexity index is 1580. The number of piperidine rings is 1. The van der Waals surface area contributed by atoms with Crippen LogP contribution in [0.15, 0.2) is 54.3 Å². The van der Waals surface area contributed by atoms with E-state index < -0.39 is 53.6 Å². The van der Waals surface area contributed by atoms with Gasteiger partial charge in [-0.2, -0.15) is 0 Å². The number of ether oxygens (including phenoxy) is 5. The number of carbonyl (C=O) groups is 4. The van der Waals surface area contributed by atoms with E-state index in [1.165, 1.54) is 13.8 Å². The second-order valence-corrected chi connectivity index (χ2v) is 12.2. The summed E-state index contributed by atoms with van der Waals surface area (Å²) in [4.78, 5) is 52.3. The molecule has 1 spiro atoms. The van der Waals surface area contributed by atoms with Gasteiger partial charge in [-0.1, -0.05) is 36.4 Å². The SMILES string of the molecule is COc1ccc2c3c1OC1C(OC(=O)C(C)OC(=O)CCNC(=O)[C@@H](OC(C)=O)c4ccccc4)=CCC4C(C2)N(C)CC(O)C314. The lowest BCUT2D eigenvalue weighted by atomic mass is 9.52. The summed E-state index contributed by atoms with van der Waals surface area (Å²) in [6, 6.07) is 12.6. The van der Waals surface area contributed by atoms with E-state index in [2.05, 4.69) is 10.2 Å². The van der Waals surface area contributed by atoms with Crippen LogP contribution >= 0.6 is 0 Å². The van der Waals surface area contributed by atoms with E-state index in [4.69, 9.17) is 23.7 Å². The van der Waals surface area contributed by atoms with Gasteiger partial charge in [0.25, 0.3) is 5.91 Å². The van der Waals surface area contributed by atoms with E-state index in [9.17, 15) is 24.3 Å². The highest BCUT2D eigenvalue weighted by molar-refractivity contribution is 5.85. The molecule has 4 aliphatic rings. The molecular weight excluding hydrogens is 596 g/mol. The van der Waals surface area contributed by atoms with Gasteiger partial charge in [0.2, 0.25) is 6.10 Å². The Labute approximate surface area is 266 Å². The summed E-state index contributed by atoms with van der Waals surface area (Å²) in [5, 5.41) is 14.3. The molecule has 6 unspecified atom stereocenters. The minimum absolute atomic E-state index is 0.0300. The summed E-state index contributed by atoms with van der Waals surface area (Å²) in [7, 11) is 3.58. The number of likely N-dealkylation sites (tertiary alicyclic amines) is 1. The Morgan fingerprint density at radius 3 is 2.61 bits per heavy atom. The number of esters is 3. The van der Waals surface area contributed by atoms with Gasteiger partial charge in [0.15, 0.2) is 23.7 Å². The molecule has 7 atom stereocenters. The Morgan fingerprint density at radius 2 is 1.89 bits per heavy atom. The largest absolute Gasteiger partial charge is 0.493 e. The molecule has 46 heavy (non-hydrogen) atoms. The first-order valence-electron chi connectivity index (χ1n) is 15.4. The molecule has 6 rings (SSSR count). The van der Waals surface area contributed by atoms with Crippen molar-refractivity contribution in [3.8, 4) is 11.5 Å². The zero-order valence-corrected chi connectivity index (χ0v) is 26.2. The highest BCUT2D eigenvalue weighted by Crippen LogP contribution is 2.63. The number of hydrogen-bond donors (Lipinski definition) is 2. The smallest absolute Gasteiger partial charge is 0.352 e. The average Bonchev–Trinajstić information content (AvgIpc) is 3.40. The van der Waals surface area contributed by atoms with Crippen molar-refractivity contribution in [2.45, 2.75) is 69.0 Å². The monoisotopic (exact) mass is 634 g/mol. The number of allylic oxidation sites excluding steroid dienone is 1. The second-order valence-electron chi connectivity index (χ2n) is 12.2. The molecule has 12 heteroatoms. The maximum atomic E-state index is 13.2. The molecule has 2 aromatic rings. The lowest BCUT2D eigenvalue weighted by Crippen LogP contribution is -2.70. The molecule has 2 bridgehead atoms. The number of nitrogens with one attached hydrogen (secondary N) is 1. The van der Waals surface area contributed by atoms with Crippen molar-refractivity contribution in [3.63, 3.8) is 0 Å². The Balaban J connectivity index is 1.10. The van der Waals surface area contributed by atoms with Crippen molar-refractivity contribution < 1.29 is 48.0 Å². The standard InChI is InChI=1S/C34H38N2O10/c1-18(43-27(39)14-15-35-32(40)29(44-19(2)37)20-8-6-5-7-9-20)33(41)45-25-13-11-22-23-16-21-10-12-24(42-4)30-28(21)34(22,31(25)46-30)26(38)17-36(23)3/h5-10,12-13,18,22-23,26,29,31,38H,11,14-17H2,1-4H3,(H,35,40)/t18?,22?,23?,26?,29-,31?,34?/m0/s1. The molecule has 2 aliphatic heterocycles. The summed E-state index contributed by atoms with van der Waals surface area (Å²) in [5.41, 5.74) is 1.67. The fourth-order valence-electron chi connectivity index (χ4n) is 7.59. The van der Waals surface area contributed by atoms with Crippen LogP contribution in [0.2, 0.25) is 0 Å². The van der Waals surface area contributed by atoms with E-state index in [1.807, 2.05) is 25.3 Å². The predicted molar refractivity (Wildman–Crippen MR) is 162 cm³/mol. The molecule has 2 aliphatic carbocycles. The van der Waals surface area contributed by atoms with Crippen LogP contribution in [-0.2, 0) is 45.2 Å². The van der Waals surface area contributed by atoms with Crippen LogP contribution in [0.4, 0.5) is 0 Å². The molecule has 1 saturated heterocycles. The Morgan fingerprint density at radius 1 is 1.13 bits per heavy atom. The number of aliphatic hydroxyl groups excluding tert-OH is 1. The molecule has 0 aromatic heterocycles. The van der Waals surface area contributed by atoms with E-state index in [1.54, 1.807) is 37.4 Å². The summed E-state index contributed by atoms with van der Waals surface area (Å²) < 4.78 is 28.5. The second kappa shape index (κ2) is 12.4. The lowest BCUT2D eigenvalue weighted by molar-refractivity contribution is -0.167. The minimum Gasteiger partial charge on any atom is -0.493 e. The van der Waals surface area contributed by atoms with E-state index in [0.29, 0.717) is 30.0 Å². The molecule has 2 aromatic carbocycles.